The van der Waals surface area contributed by atoms with E-state index < -0.39 is 24.1 Å². The van der Waals surface area contributed by atoms with E-state index in [1.807, 2.05) is 66.7 Å². The molecular formula is C38H45N3O6. The molecule has 7 rings (SSSR count). The van der Waals surface area contributed by atoms with Crippen LogP contribution in [0.4, 0.5) is 4.79 Å². The van der Waals surface area contributed by atoms with Gasteiger partial charge in [-0.05, 0) is 85.1 Å². The lowest BCUT2D eigenvalue weighted by Gasteiger charge is -2.43. The maximum atomic E-state index is 13.2. The fourth-order valence-electron chi connectivity index (χ4n) is 7.26. The van der Waals surface area contributed by atoms with Crippen molar-refractivity contribution in [2.24, 2.45) is 11.8 Å². The second kappa shape index (κ2) is 15.5. The van der Waals surface area contributed by atoms with Gasteiger partial charge in [-0.25, -0.2) is 9.59 Å². The number of alkyl carbamates (subject to hydrolysis) is 1. The van der Waals surface area contributed by atoms with Gasteiger partial charge in [0.25, 0.3) is 5.91 Å². The number of nitrogens with one attached hydrogen (secondary N) is 2. The lowest BCUT2D eigenvalue weighted by molar-refractivity contribution is -0.139. The normalized spacial score (nSPS) is 22.1. The number of amides is 2. The van der Waals surface area contributed by atoms with Gasteiger partial charge in [0.15, 0.2) is 0 Å². The summed E-state index contributed by atoms with van der Waals surface area (Å²) in [6.45, 7) is 3.24. The molecule has 2 amide bonds. The summed E-state index contributed by atoms with van der Waals surface area (Å²) in [6, 6.07) is 23.2. The van der Waals surface area contributed by atoms with E-state index in [9.17, 15) is 19.5 Å². The fourth-order valence-corrected chi connectivity index (χ4v) is 7.26. The number of carboxylic acids is 1. The van der Waals surface area contributed by atoms with Crippen molar-refractivity contribution in [3.63, 3.8) is 0 Å². The number of ether oxygens (including phenoxy) is 2. The van der Waals surface area contributed by atoms with E-state index in [0.29, 0.717) is 29.6 Å². The first kappa shape index (κ1) is 32.6. The average molecular weight is 640 g/mol. The predicted molar refractivity (Wildman–Crippen MR) is 178 cm³/mol. The van der Waals surface area contributed by atoms with Crippen LogP contribution in [-0.2, 0) is 16.1 Å². The third kappa shape index (κ3) is 8.71. The van der Waals surface area contributed by atoms with E-state index in [-0.39, 0.29) is 18.6 Å². The Morgan fingerprint density at radius 1 is 0.830 bits per heavy atom. The lowest BCUT2D eigenvalue weighted by atomic mass is 9.85. The van der Waals surface area contributed by atoms with E-state index in [2.05, 4.69) is 15.5 Å². The quantitative estimate of drug-likeness (QED) is 0.212. The van der Waals surface area contributed by atoms with Crippen LogP contribution in [0.25, 0.3) is 0 Å². The molecule has 4 aliphatic rings. The highest BCUT2D eigenvalue weighted by molar-refractivity contribution is 5.96. The molecule has 3 heterocycles. The van der Waals surface area contributed by atoms with E-state index >= 15 is 0 Å². The second-order valence-electron chi connectivity index (χ2n) is 13.2. The van der Waals surface area contributed by atoms with Gasteiger partial charge in [-0.3, -0.25) is 9.69 Å². The van der Waals surface area contributed by atoms with Gasteiger partial charge in [0, 0.05) is 12.1 Å². The highest BCUT2D eigenvalue weighted by Gasteiger charge is 2.37. The third-order valence-electron chi connectivity index (χ3n) is 9.96. The molecule has 0 spiro atoms. The Balaban J connectivity index is 1.06. The average Bonchev–Trinajstić information content (AvgIpc) is 3.11. The zero-order chi connectivity index (χ0) is 32.6. The minimum Gasteiger partial charge on any atom is -0.489 e. The number of nitrogens with zero attached hydrogens (tertiary/aromatic N) is 1. The van der Waals surface area contributed by atoms with Crippen LogP contribution in [0.1, 0.15) is 84.5 Å². The molecule has 3 N–H and O–H groups in total. The first-order valence-corrected chi connectivity index (χ1v) is 17.0. The molecule has 9 nitrogen and oxygen atoms in total. The number of carbonyl (C=O) groups is 3. The van der Waals surface area contributed by atoms with E-state index in [1.54, 1.807) is 12.1 Å². The monoisotopic (exact) mass is 639 g/mol. The number of hydrogen-bond acceptors (Lipinski definition) is 6. The summed E-state index contributed by atoms with van der Waals surface area (Å²) >= 11 is 0. The van der Waals surface area contributed by atoms with E-state index in [0.717, 1.165) is 74.8 Å². The van der Waals surface area contributed by atoms with Gasteiger partial charge < -0.3 is 25.2 Å². The summed E-state index contributed by atoms with van der Waals surface area (Å²) in [4.78, 5) is 40.3. The van der Waals surface area contributed by atoms with Gasteiger partial charge in [-0.2, -0.15) is 0 Å². The lowest BCUT2D eigenvalue weighted by Crippen LogP contribution is -2.52. The van der Waals surface area contributed by atoms with Crippen molar-refractivity contribution in [2.75, 3.05) is 19.6 Å². The number of aliphatic carboxylic acids is 1. The Hall–Kier alpha value is -4.37. The summed E-state index contributed by atoms with van der Waals surface area (Å²) in [5.41, 5.74) is 3.08. The zero-order valence-corrected chi connectivity index (χ0v) is 26.8. The molecule has 3 aliphatic heterocycles. The van der Waals surface area contributed by atoms with Crippen molar-refractivity contribution in [1.82, 2.24) is 15.5 Å². The number of fused-ring (bicyclic) bond motifs is 3. The molecule has 248 valence electrons. The molecule has 9 heteroatoms. The highest BCUT2D eigenvalue weighted by atomic mass is 16.6. The minimum absolute atomic E-state index is 0.0822. The molecule has 0 radical (unpaired) electrons. The molecule has 3 aromatic carbocycles. The van der Waals surface area contributed by atoms with E-state index in [1.165, 1.54) is 6.42 Å². The first-order valence-electron chi connectivity index (χ1n) is 17.0. The van der Waals surface area contributed by atoms with Crippen molar-refractivity contribution < 1.29 is 29.0 Å². The summed E-state index contributed by atoms with van der Waals surface area (Å²) in [7, 11) is 0. The minimum atomic E-state index is -0.994. The molecule has 4 fully saturated rings. The van der Waals surface area contributed by atoms with Crippen molar-refractivity contribution in [3.8, 4) is 5.75 Å². The van der Waals surface area contributed by atoms with Crippen molar-refractivity contribution in [3.05, 3.63) is 101 Å². The molecule has 3 aromatic rings. The van der Waals surface area contributed by atoms with E-state index in [4.69, 9.17) is 9.47 Å². The van der Waals surface area contributed by atoms with Crippen molar-refractivity contribution in [1.29, 1.82) is 0 Å². The fraction of sp³-hybridized carbons (Fsp3) is 0.447. The largest absolute Gasteiger partial charge is 0.489 e. The Bertz CT molecular complexity index is 1500. The van der Waals surface area contributed by atoms with Gasteiger partial charge in [-0.15, -0.1) is 0 Å². The topological polar surface area (TPSA) is 117 Å². The maximum absolute atomic E-state index is 13.2. The number of carbonyl (C=O) groups excluding carboxylic acids is 2. The van der Waals surface area contributed by atoms with Crippen LogP contribution in [0.15, 0.2) is 78.9 Å². The molecule has 3 saturated heterocycles. The Labute approximate surface area is 276 Å². The van der Waals surface area contributed by atoms with Crippen LogP contribution >= 0.6 is 0 Å². The standard InChI is InChI=1S/C38H45N3O6/c42-36(39-33(37(43)44)22-26-8-3-1-4-9-26)30-16-14-27(15-17-30)25-46-32-13-7-12-31(23-32)35(29-10-5-2-6-11-29)40-38(45)47-34-24-41-20-18-28(34)19-21-41/h2,5-7,10-17,23,26,28,33-35H,1,3-4,8-9,18-22,24-25H2,(H,39,42)(H,40,45)(H,43,44)/t33?,34-,35?/m0/s1. The summed E-state index contributed by atoms with van der Waals surface area (Å²) in [5, 5.41) is 15.5. The molecule has 1 aliphatic carbocycles. The van der Waals surface area contributed by atoms with Gasteiger partial charge in [-0.1, -0.05) is 86.7 Å². The number of hydrogen-bond donors (Lipinski definition) is 3. The van der Waals surface area contributed by atoms with Crippen LogP contribution in [-0.4, -0.2) is 59.8 Å². The van der Waals surface area contributed by atoms with Crippen LogP contribution in [0.2, 0.25) is 0 Å². The van der Waals surface area contributed by atoms with Crippen LogP contribution < -0.4 is 15.4 Å². The smallest absolute Gasteiger partial charge is 0.408 e. The van der Waals surface area contributed by atoms with Crippen molar-refractivity contribution in [2.45, 2.75) is 76.2 Å². The Morgan fingerprint density at radius 3 is 2.23 bits per heavy atom. The molecule has 2 bridgehead atoms. The van der Waals surface area contributed by atoms with Crippen LogP contribution in [0.3, 0.4) is 0 Å². The molecule has 0 aromatic heterocycles. The number of rotatable bonds is 12. The summed E-state index contributed by atoms with van der Waals surface area (Å²) < 4.78 is 12.1. The number of benzene rings is 3. The third-order valence-corrected chi connectivity index (χ3v) is 9.96. The SMILES string of the molecule is O=C(NC(c1ccccc1)c1cccc(OCc2ccc(C(=O)NC(CC3CCCCC3)C(=O)O)cc2)c1)O[C@H]1CN2CCC1CC2. The molecule has 47 heavy (non-hydrogen) atoms. The Kier molecular flexibility index (Phi) is 10.7. The van der Waals surface area contributed by atoms with Gasteiger partial charge in [0.2, 0.25) is 0 Å². The van der Waals surface area contributed by atoms with Crippen LogP contribution in [0, 0.1) is 11.8 Å². The van der Waals surface area contributed by atoms with Gasteiger partial charge in [0.1, 0.15) is 24.5 Å². The highest BCUT2D eigenvalue weighted by Crippen LogP contribution is 2.31. The van der Waals surface area contributed by atoms with Gasteiger partial charge >= 0.3 is 12.1 Å². The van der Waals surface area contributed by atoms with Crippen molar-refractivity contribution >= 4 is 18.0 Å². The zero-order valence-electron chi connectivity index (χ0n) is 26.8. The molecular weight excluding hydrogens is 594 g/mol. The maximum Gasteiger partial charge on any atom is 0.408 e. The predicted octanol–water partition coefficient (Wildman–Crippen LogP) is 6.33. The first-order chi connectivity index (χ1) is 22.9. The molecule has 1 saturated carbocycles. The Morgan fingerprint density at radius 2 is 1.55 bits per heavy atom. The summed E-state index contributed by atoms with van der Waals surface area (Å²) in [5.74, 6) is 0.0245. The number of piperidine rings is 3. The second-order valence-corrected chi connectivity index (χ2v) is 13.2. The number of carboxylic acid groups (broad SMARTS) is 1. The van der Waals surface area contributed by atoms with Crippen LogP contribution in [0.5, 0.6) is 5.75 Å². The van der Waals surface area contributed by atoms with Gasteiger partial charge in [0.05, 0.1) is 6.04 Å². The summed E-state index contributed by atoms with van der Waals surface area (Å²) in [6.07, 6.45) is 7.59. The molecule has 3 atom stereocenters. The molecule has 2 unspecified atom stereocenters.